The number of hydrogen-bond donors (Lipinski definition) is 1. The van der Waals surface area contributed by atoms with Crippen molar-refractivity contribution in [3.63, 3.8) is 0 Å². The van der Waals surface area contributed by atoms with Gasteiger partial charge in [-0.15, -0.1) is 0 Å². The largest absolute Gasteiger partial charge is 0.493 e. The molecule has 1 unspecified atom stereocenters. The van der Waals surface area contributed by atoms with E-state index in [2.05, 4.69) is 27.3 Å². The second-order valence-corrected chi connectivity index (χ2v) is 6.23. The van der Waals surface area contributed by atoms with Gasteiger partial charge in [0, 0.05) is 16.5 Å². The molecule has 3 rings (SSSR count). The van der Waals surface area contributed by atoms with Gasteiger partial charge in [0.25, 0.3) is 0 Å². The molecule has 1 atom stereocenters. The van der Waals surface area contributed by atoms with Gasteiger partial charge in [-0.2, -0.15) is 0 Å². The number of rotatable bonds is 3. The number of benzene rings is 2. The van der Waals surface area contributed by atoms with Crippen molar-refractivity contribution in [2.45, 2.75) is 19.4 Å². The number of nitrogens with one attached hydrogen (secondary N) is 1. The SMILES string of the molecule is CNC(c1ccc(C)c(F)c1)c1cc(Br)cc2c1OCC2. The summed E-state index contributed by atoms with van der Waals surface area (Å²) in [5, 5.41) is 3.27. The van der Waals surface area contributed by atoms with Crippen LogP contribution in [0.5, 0.6) is 5.75 Å². The Kier molecular flexibility index (Phi) is 4.00. The van der Waals surface area contributed by atoms with Crippen molar-refractivity contribution in [3.05, 3.63) is 62.9 Å². The molecule has 0 fully saturated rings. The maximum atomic E-state index is 13.9. The summed E-state index contributed by atoms with van der Waals surface area (Å²) in [4.78, 5) is 0. The standard InChI is InChI=1S/C17H17BrFNO/c1-10-3-4-11(8-15(10)19)16(20-2)14-9-13(18)7-12-5-6-21-17(12)14/h3-4,7-9,16,20H,5-6H2,1-2H3. The summed E-state index contributed by atoms with van der Waals surface area (Å²) in [7, 11) is 1.88. The van der Waals surface area contributed by atoms with Crippen LogP contribution < -0.4 is 10.1 Å². The first-order chi connectivity index (χ1) is 10.1. The fraction of sp³-hybridized carbons (Fsp3) is 0.294. The third-order valence-corrected chi connectivity index (χ3v) is 4.36. The Morgan fingerprint density at radius 3 is 2.81 bits per heavy atom. The number of fused-ring (bicyclic) bond motifs is 1. The summed E-state index contributed by atoms with van der Waals surface area (Å²) in [6.07, 6.45) is 0.917. The summed E-state index contributed by atoms with van der Waals surface area (Å²) >= 11 is 3.55. The minimum absolute atomic E-state index is 0.0931. The van der Waals surface area contributed by atoms with E-state index < -0.39 is 0 Å². The van der Waals surface area contributed by atoms with Crippen LogP contribution in [-0.2, 0) is 6.42 Å². The van der Waals surface area contributed by atoms with Crippen molar-refractivity contribution in [1.82, 2.24) is 5.32 Å². The van der Waals surface area contributed by atoms with E-state index in [0.717, 1.165) is 27.8 Å². The zero-order valence-corrected chi connectivity index (χ0v) is 13.6. The predicted octanol–water partition coefficient (Wildman–Crippen LogP) is 4.14. The van der Waals surface area contributed by atoms with Crippen molar-refractivity contribution >= 4 is 15.9 Å². The van der Waals surface area contributed by atoms with Crippen LogP contribution in [0.15, 0.2) is 34.8 Å². The van der Waals surface area contributed by atoms with Crippen LogP contribution in [0.4, 0.5) is 4.39 Å². The maximum absolute atomic E-state index is 13.9. The molecule has 0 aliphatic carbocycles. The summed E-state index contributed by atoms with van der Waals surface area (Å²) < 4.78 is 20.7. The zero-order valence-electron chi connectivity index (χ0n) is 12.0. The molecule has 1 N–H and O–H groups in total. The zero-order chi connectivity index (χ0) is 15.0. The van der Waals surface area contributed by atoms with E-state index in [1.807, 2.05) is 25.2 Å². The van der Waals surface area contributed by atoms with Gasteiger partial charge in [-0.3, -0.25) is 0 Å². The molecule has 0 bridgehead atoms. The van der Waals surface area contributed by atoms with E-state index >= 15 is 0 Å². The normalized spacial score (nSPS) is 14.7. The topological polar surface area (TPSA) is 21.3 Å². The third-order valence-electron chi connectivity index (χ3n) is 3.91. The lowest BCUT2D eigenvalue weighted by molar-refractivity contribution is 0.351. The monoisotopic (exact) mass is 349 g/mol. The molecular weight excluding hydrogens is 333 g/mol. The molecule has 0 spiro atoms. The number of aryl methyl sites for hydroxylation is 1. The number of hydrogen-bond acceptors (Lipinski definition) is 2. The van der Waals surface area contributed by atoms with Crippen molar-refractivity contribution in [2.75, 3.05) is 13.7 Å². The molecule has 110 valence electrons. The minimum atomic E-state index is -0.180. The minimum Gasteiger partial charge on any atom is -0.493 e. The Bertz CT molecular complexity index is 687. The average molecular weight is 350 g/mol. The highest BCUT2D eigenvalue weighted by atomic mass is 79.9. The van der Waals surface area contributed by atoms with Crippen LogP contribution >= 0.6 is 15.9 Å². The van der Waals surface area contributed by atoms with Crippen LogP contribution in [-0.4, -0.2) is 13.7 Å². The van der Waals surface area contributed by atoms with Gasteiger partial charge in [-0.05, 0) is 48.9 Å². The first kappa shape index (κ1) is 14.5. The molecular formula is C17H17BrFNO. The molecule has 21 heavy (non-hydrogen) atoms. The molecule has 1 aliphatic heterocycles. The van der Waals surface area contributed by atoms with E-state index in [0.29, 0.717) is 12.2 Å². The summed E-state index contributed by atoms with van der Waals surface area (Å²) in [6, 6.07) is 9.41. The van der Waals surface area contributed by atoms with Gasteiger partial charge < -0.3 is 10.1 Å². The van der Waals surface area contributed by atoms with Gasteiger partial charge >= 0.3 is 0 Å². The Morgan fingerprint density at radius 1 is 1.29 bits per heavy atom. The second kappa shape index (κ2) is 5.78. The van der Waals surface area contributed by atoms with Gasteiger partial charge in [-0.25, -0.2) is 4.39 Å². The Morgan fingerprint density at radius 2 is 2.10 bits per heavy atom. The maximum Gasteiger partial charge on any atom is 0.127 e. The molecule has 2 aromatic rings. The van der Waals surface area contributed by atoms with Crippen molar-refractivity contribution in [1.29, 1.82) is 0 Å². The molecule has 0 saturated heterocycles. The molecule has 1 heterocycles. The lowest BCUT2D eigenvalue weighted by Gasteiger charge is -2.20. The van der Waals surface area contributed by atoms with Gasteiger partial charge in [0.05, 0.1) is 12.6 Å². The molecule has 2 aromatic carbocycles. The quantitative estimate of drug-likeness (QED) is 0.898. The smallest absolute Gasteiger partial charge is 0.127 e. The molecule has 4 heteroatoms. The second-order valence-electron chi connectivity index (χ2n) is 5.31. The lowest BCUT2D eigenvalue weighted by Crippen LogP contribution is -2.18. The van der Waals surface area contributed by atoms with Crippen LogP contribution in [0.3, 0.4) is 0 Å². The van der Waals surface area contributed by atoms with Crippen LogP contribution in [0.25, 0.3) is 0 Å². The van der Waals surface area contributed by atoms with E-state index in [4.69, 9.17) is 4.74 Å². The first-order valence-electron chi connectivity index (χ1n) is 6.98. The van der Waals surface area contributed by atoms with Crippen molar-refractivity contribution < 1.29 is 9.13 Å². The first-order valence-corrected chi connectivity index (χ1v) is 7.78. The average Bonchev–Trinajstić information content (AvgIpc) is 2.91. The highest BCUT2D eigenvalue weighted by molar-refractivity contribution is 9.10. The van der Waals surface area contributed by atoms with Gasteiger partial charge in [0.1, 0.15) is 11.6 Å². The summed E-state index contributed by atoms with van der Waals surface area (Å²) in [6.45, 7) is 2.48. The van der Waals surface area contributed by atoms with E-state index in [9.17, 15) is 4.39 Å². The fourth-order valence-electron chi connectivity index (χ4n) is 2.80. The Balaban J connectivity index is 2.10. The molecule has 0 aromatic heterocycles. The lowest BCUT2D eigenvalue weighted by atomic mass is 9.95. The molecule has 2 nitrogen and oxygen atoms in total. The van der Waals surface area contributed by atoms with Crippen LogP contribution in [0, 0.1) is 12.7 Å². The number of ether oxygens (including phenoxy) is 1. The molecule has 1 aliphatic rings. The highest BCUT2D eigenvalue weighted by Gasteiger charge is 2.24. The molecule has 0 saturated carbocycles. The van der Waals surface area contributed by atoms with Crippen molar-refractivity contribution in [2.24, 2.45) is 0 Å². The third kappa shape index (κ3) is 2.70. The molecule has 0 amide bonds. The van der Waals surface area contributed by atoms with Crippen LogP contribution in [0.2, 0.25) is 0 Å². The Labute approximate surface area is 132 Å². The predicted molar refractivity (Wildman–Crippen MR) is 85.4 cm³/mol. The summed E-state index contributed by atoms with van der Waals surface area (Å²) in [5.74, 6) is 0.749. The fourth-order valence-corrected chi connectivity index (χ4v) is 3.33. The van der Waals surface area contributed by atoms with Crippen LogP contribution in [0.1, 0.15) is 28.3 Å². The van der Waals surface area contributed by atoms with E-state index in [1.54, 1.807) is 13.0 Å². The summed E-state index contributed by atoms with van der Waals surface area (Å²) in [5.41, 5.74) is 3.80. The van der Waals surface area contributed by atoms with Gasteiger partial charge in [-0.1, -0.05) is 28.1 Å². The van der Waals surface area contributed by atoms with E-state index in [1.165, 1.54) is 5.56 Å². The highest BCUT2D eigenvalue weighted by Crippen LogP contribution is 2.38. The number of halogens is 2. The molecule has 0 radical (unpaired) electrons. The van der Waals surface area contributed by atoms with E-state index in [-0.39, 0.29) is 11.9 Å². The van der Waals surface area contributed by atoms with Gasteiger partial charge in [0.2, 0.25) is 0 Å². The van der Waals surface area contributed by atoms with Gasteiger partial charge in [0.15, 0.2) is 0 Å². The van der Waals surface area contributed by atoms with Crippen molar-refractivity contribution in [3.8, 4) is 5.75 Å². The Hall–Kier alpha value is -1.39.